The number of methoxy groups -OCH3 is 1. The molecule has 0 unspecified atom stereocenters. The number of ether oxygens (including phenoxy) is 2. The van der Waals surface area contributed by atoms with Crippen molar-refractivity contribution in [3.8, 4) is 5.75 Å². The molecule has 2 amide bonds. The molecule has 1 heterocycles. The van der Waals surface area contributed by atoms with E-state index >= 15 is 0 Å². The van der Waals surface area contributed by atoms with Crippen LogP contribution in [0.4, 0.5) is 5.69 Å². The van der Waals surface area contributed by atoms with Crippen LogP contribution in [0.2, 0.25) is 0 Å². The molecular formula is C24H37N3O4. The number of hydrogen-bond donors (Lipinski definition) is 1. The summed E-state index contributed by atoms with van der Waals surface area (Å²) >= 11 is 0. The summed E-state index contributed by atoms with van der Waals surface area (Å²) < 4.78 is 11.8. The first-order valence-electron chi connectivity index (χ1n) is 11.4. The number of nitrogens with zero attached hydrogens (tertiary/aromatic N) is 2. The van der Waals surface area contributed by atoms with Crippen LogP contribution in [0.1, 0.15) is 49.9 Å². The first-order chi connectivity index (χ1) is 14.8. The minimum Gasteiger partial charge on any atom is -0.491 e. The van der Waals surface area contributed by atoms with Gasteiger partial charge in [-0.1, -0.05) is 19.8 Å². The second kappa shape index (κ2) is 10.5. The van der Waals surface area contributed by atoms with E-state index in [1.54, 1.807) is 37.3 Å². The van der Waals surface area contributed by atoms with Crippen molar-refractivity contribution in [2.75, 3.05) is 46.2 Å². The summed E-state index contributed by atoms with van der Waals surface area (Å²) in [6.07, 6.45) is 4.05. The lowest BCUT2D eigenvalue weighted by Crippen LogP contribution is -2.45. The van der Waals surface area contributed by atoms with Crippen molar-refractivity contribution in [3.05, 3.63) is 23.8 Å². The third kappa shape index (κ3) is 5.77. The van der Waals surface area contributed by atoms with E-state index in [-0.39, 0.29) is 35.8 Å². The Balaban J connectivity index is 1.86. The fourth-order valence-electron chi connectivity index (χ4n) is 4.46. The van der Waals surface area contributed by atoms with Gasteiger partial charge in [-0.05, 0) is 44.9 Å². The summed E-state index contributed by atoms with van der Waals surface area (Å²) in [5, 5.41) is 3.01. The first-order valence-corrected chi connectivity index (χ1v) is 11.4. The van der Waals surface area contributed by atoms with Gasteiger partial charge in [0, 0.05) is 51.0 Å². The quantitative estimate of drug-likeness (QED) is 0.796. The summed E-state index contributed by atoms with van der Waals surface area (Å²) in [6.45, 7) is 6.05. The number of likely N-dealkylation sites (N-methyl/N-ethyl adjacent to an activating group) is 2. The Hall–Kier alpha value is -2.12. The number of fused-ring (bicyclic) bond motifs is 1. The first kappa shape index (κ1) is 23.5. The molecular weight excluding hydrogens is 394 g/mol. The van der Waals surface area contributed by atoms with E-state index in [9.17, 15) is 9.59 Å². The van der Waals surface area contributed by atoms with Crippen LogP contribution >= 0.6 is 0 Å². The zero-order valence-electron chi connectivity index (χ0n) is 19.5. The van der Waals surface area contributed by atoms with Crippen molar-refractivity contribution in [2.24, 2.45) is 11.8 Å². The van der Waals surface area contributed by atoms with Gasteiger partial charge in [0.05, 0.1) is 11.7 Å². The molecule has 1 aromatic rings. The maximum Gasteiger partial charge on any atom is 0.257 e. The van der Waals surface area contributed by atoms with E-state index in [0.717, 1.165) is 32.2 Å². The molecule has 31 heavy (non-hydrogen) atoms. The van der Waals surface area contributed by atoms with Gasteiger partial charge in [-0.15, -0.1) is 0 Å². The second-order valence-corrected chi connectivity index (χ2v) is 9.22. The SMILES string of the molecule is CO[C@H]1CN(C)C(=O)c2ccc(NC(=O)C3CCCC3)cc2OC[C@H](C)N(C)C[C@@H]1C. The van der Waals surface area contributed by atoms with Crippen molar-refractivity contribution in [1.29, 1.82) is 0 Å². The predicted molar refractivity (Wildman–Crippen MR) is 122 cm³/mol. The van der Waals surface area contributed by atoms with E-state index in [1.165, 1.54) is 0 Å². The topological polar surface area (TPSA) is 71.1 Å². The molecule has 7 heteroatoms. The number of anilines is 1. The maximum absolute atomic E-state index is 13.2. The molecule has 172 valence electrons. The number of hydrogen-bond acceptors (Lipinski definition) is 5. The van der Waals surface area contributed by atoms with Gasteiger partial charge in [-0.2, -0.15) is 0 Å². The number of carbonyl (C=O) groups excluding carboxylic acids is 2. The Morgan fingerprint density at radius 3 is 2.55 bits per heavy atom. The van der Waals surface area contributed by atoms with Crippen LogP contribution in [0.25, 0.3) is 0 Å². The highest BCUT2D eigenvalue weighted by molar-refractivity contribution is 5.98. The molecule has 0 spiro atoms. The maximum atomic E-state index is 13.2. The highest BCUT2D eigenvalue weighted by Gasteiger charge is 2.28. The molecule has 1 saturated carbocycles. The zero-order chi connectivity index (χ0) is 22.5. The highest BCUT2D eigenvalue weighted by atomic mass is 16.5. The predicted octanol–water partition coefficient (Wildman–Crippen LogP) is 3.25. The van der Waals surface area contributed by atoms with Gasteiger partial charge in [0.2, 0.25) is 5.91 Å². The third-order valence-electron chi connectivity index (χ3n) is 6.75. The van der Waals surface area contributed by atoms with Gasteiger partial charge in [0.15, 0.2) is 0 Å². The molecule has 7 nitrogen and oxygen atoms in total. The fourth-order valence-corrected chi connectivity index (χ4v) is 4.46. The van der Waals surface area contributed by atoms with Gasteiger partial charge in [0.1, 0.15) is 12.4 Å². The average Bonchev–Trinajstić information content (AvgIpc) is 3.29. The Morgan fingerprint density at radius 1 is 1.16 bits per heavy atom. The Kier molecular flexibility index (Phi) is 7.94. The van der Waals surface area contributed by atoms with E-state index < -0.39 is 0 Å². The summed E-state index contributed by atoms with van der Waals surface area (Å²) in [5.41, 5.74) is 1.17. The molecule has 1 aromatic carbocycles. The molecule has 1 N–H and O–H groups in total. The molecule has 0 saturated heterocycles. The summed E-state index contributed by atoms with van der Waals surface area (Å²) in [5.74, 6) is 0.790. The van der Waals surface area contributed by atoms with Crippen molar-refractivity contribution in [1.82, 2.24) is 9.80 Å². The Morgan fingerprint density at radius 2 is 1.87 bits per heavy atom. The largest absolute Gasteiger partial charge is 0.491 e. The minimum atomic E-state index is -0.112. The van der Waals surface area contributed by atoms with Gasteiger partial charge in [-0.3, -0.25) is 14.5 Å². The van der Waals surface area contributed by atoms with Crippen LogP contribution in [-0.2, 0) is 9.53 Å². The molecule has 1 aliphatic carbocycles. The van der Waals surface area contributed by atoms with Crippen LogP contribution < -0.4 is 10.1 Å². The number of rotatable bonds is 3. The normalized spacial score (nSPS) is 26.5. The second-order valence-electron chi connectivity index (χ2n) is 9.22. The molecule has 3 rings (SSSR count). The lowest BCUT2D eigenvalue weighted by molar-refractivity contribution is -0.119. The van der Waals surface area contributed by atoms with Crippen LogP contribution in [0.5, 0.6) is 5.75 Å². The molecule has 1 fully saturated rings. The van der Waals surface area contributed by atoms with E-state index in [1.807, 2.05) is 0 Å². The lowest BCUT2D eigenvalue weighted by atomic mass is 10.0. The van der Waals surface area contributed by atoms with Gasteiger partial charge >= 0.3 is 0 Å². The smallest absolute Gasteiger partial charge is 0.257 e. The van der Waals surface area contributed by atoms with Crippen molar-refractivity contribution in [2.45, 2.75) is 51.7 Å². The van der Waals surface area contributed by atoms with Crippen molar-refractivity contribution in [3.63, 3.8) is 0 Å². The molecule has 2 aliphatic rings. The average molecular weight is 432 g/mol. The lowest BCUT2D eigenvalue weighted by Gasteiger charge is -2.34. The highest BCUT2D eigenvalue weighted by Crippen LogP contribution is 2.29. The van der Waals surface area contributed by atoms with Crippen LogP contribution in [0.3, 0.4) is 0 Å². The number of amides is 2. The van der Waals surface area contributed by atoms with E-state index in [4.69, 9.17) is 9.47 Å². The van der Waals surface area contributed by atoms with Gasteiger partial charge in [-0.25, -0.2) is 0 Å². The zero-order valence-corrected chi connectivity index (χ0v) is 19.5. The number of benzene rings is 1. The minimum absolute atomic E-state index is 0.0547. The van der Waals surface area contributed by atoms with Crippen LogP contribution in [0, 0.1) is 11.8 Å². The molecule has 0 aromatic heterocycles. The fraction of sp³-hybridized carbons (Fsp3) is 0.667. The van der Waals surface area contributed by atoms with Crippen molar-refractivity contribution >= 4 is 17.5 Å². The van der Waals surface area contributed by atoms with E-state index in [0.29, 0.717) is 30.2 Å². The van der Waals surface area contributed by atoms with Crippen LogP contribution in [0.15, 0.2) is 18.2 Å². The number of nitrogens with one attached hydrogen (secondary N) is 1. The van der Waals surface area contributed by atoms with Gasteiger partial charge in [0.25, 0.3) is 5.91 Å². The Labute approximate surface area is 186 Å². The van der Waals surface area contributed by atoms with Crippen LogP contribution in [-0.4, -0.2) is 74.7 Å². The van der Waals surface area contributed by atoms with Crippen molar-refractivity contribution < 1.29 is 19.1 Å². The number of carbonyl (C=O) groups is 2. The monoisotopic (exact) mass is 431 g/mol. The van der Waals surface area contributed by atoms with Gasteiger partial charge < -0.3 is 19.7 Å². The molecule has 0 bridgehead atoms. The molecule has 1 aliphatic heterocycles. The summed E-state index contributed by atoms with van der Waals surface area (Å²) in [4.78, 5) is 29.7. The summed E-state index contributed by atoms with van der Waals surface area (Å²) in [6, 6.07) is 5.49. The molecule has 0 radical (unpaired) electrons. The molecule has 3 atom stereocenters. The van der Waals surface area contributed by atoms with E-state index in [2.05, 4.69) is 31.1 Å². The standard InChI is InChI=1S/C24H37N3O4/c1-16-13-26(3)17(2)15-31-21-12-19(25-23(28)18-8-6-7-9-18)10-11-20(21)24(29)27(4)14-22(16)30-5/h10-12,16-18,22H,6-9,13-15H2,1-5H3,(H,25,28)/t16-,17-,22-/m0/s1. The summed E-state index contributed by atoms with van der Waals surface area (Å²) in [7, 11) is 5.57. The Bertz CT molecular complexity index is 778. The third-order valence-corrected chi connectivity index (χ3v) is 6.75.